The van der Waals surface area contributed by atoms with Gasteiger partial charge in [0.05, 0.1) is 10.6 Å². The van der Waals surface area contributed by atoms with Crippen molar-refractivity contribution in [3.8, 4) is 11.5 Å². The van der Waals surface area contributed by atoms with Crippen LogP contribution < -0.4 is 14.8 Å². The van der Waals surface area contributed by atoms with E-state index in [1.165, 1.54) is 11.8 Å². The first-order chi connectivity index (χ1) is 12.2. The van der Waals surface area contributed by atoms with E-state index in [9.17, 15) is 4.79 Å². The molecule has 2 heterocycles. The van der Waals surface area contributed by atoms with E-state index in [-0.39, 0.29) is 5.91 Å². The molecule has 1 fully saturated rings. The van der Waals surface area contributed by atoms with Crippen LogP contribution in [0.4, 0.5) is 5.69 Å². The zero-order valence-corrected chi connectivity index (χ0v) is 15.4. The Morgan fingerprint density at radius 2 is 1.92 bits per heavy atom. The highest BCUT2D eigenvalue weighted by Crippen LogP contribution is 2.34. The summed E-state index contributed by atoms with van der Waals surface area (Å²) in [4.78, 5) is 17.3. The van der Waals surface area contributed by atoms with Crippen molar-refractivity contribution in [2.24, 2.45) is 4.99 Å². The molecule has 2 aromatic carbocycles. The zero-order chi connectivity index (χ0) is 17.2. The second kappa shape index (κ2) is 6.93. The quantitative estimate of drug-likeness (QED) is 0.748. The molecular formula is C18H13BrN2O3S. The molecule has 5 nitrogen and oxygen atoms in total. The van der Waals surface area contributed by atoms with Crippen molar-refractivity contribution in [2.75, 3.05) is 13.2 Å². The number of para-hydroxylation sites is 1. The molecule has 7 heteroatoms. The highest BCUT2D eigenvalue weighted by molar-refractivity contribution is 9.10. The normalized spacial score (nSPS) is 19.3. The van der Waals surface area contributed by atoms with Gasteiger partial charge in [-0.25, -0.2) is 4.99 Å². The number of hydrogen-bond acceptors (Lipinski definition) is 5. The molecule has 0 atom stereocenters. The van der Waals surface area contributed by atoms with E-state index in [0.717, 1.165) is 21.5 Å². The van der Waals surface area contributed by atoms with Gasteiger partial charge in [0.15, 0.2) is 16.7 Å². The molecule has 2 aliphatic rings. The molecule has 1 N–H and O–H groups in total. The number of thioether (sulfide) groups is 1. The second-order valence-corrected chi connectivity index (χ2v) is 7.22. The monoisotopic (exact) mass is 416 g/mol. The average Bonchev–Trinajstić information content (AvgIpc) is 2.96. The predicted molar refractivity (Wildman–Crippen MR) is 102 cm³/mol. The van der Waals surface area contributed by atoms with Gasteiger partial charge in [-0.2, -0.15) is 0 Å². The summed E-state index contributed by atoms with van der Waals surface area (Å²) in [5.74, 6) is 1.27. The lowest BCUT2D eigenvalue weighted by atomic mass is 10.2. The van der Waals surface area contributed by atoms with Gasteiger partial charge in [-0.05, 0) is 63.6 Å². The molecule has 0 aromatic heterocycles. The Labute approximate surface area is 157 Å². The summed E-state index contributed by atoms with van der Waals surface area (Å²) < 4.78 is 12.0. The number of amidine groups is 1. The molecule has 0 bridgehead atoms. The predicted octanol–water partition coefficient (Wildman–Crippen LogP) is 4.11. The maximum absolute atomic E-state index is 12.2. The van der Waals surface area contributed by atoms with Crippen LogP contribution in [-0.2, 0) is 4.79 Å². The SMILES string of the molecule is O=C1NC(=Nc2ccccc2Br)SC1=Cc1ccc2c(c1)OCCO2. The lowest BCUT2D eigenvalue weighted by Gasteiger charge is -2.18. The first kappa shape index (κ1) is 16.2. The average molecular weight is 417 g/mol. The maximum atomic E-state index is 12.2. The van der Waals surface area contributed by atoms with Gasteiger partial charge >= 0.3 is 0 Å². The van der Waals surface area contributed by atoms with E-state index in [2.05, 4.69) is 26.2 Å². The Kier molecular flexibility index (Phi) is 4.50. The molecule has 0 radical (unpaired) electrons. The largest absolute Gasteiger partial charge is 0.486 e. The van der Waals surface area contributed by atoms with Gasteiger partial charge in [-0.15, -0.1) is 0 Å². The highest BCUT2D eigenvalue weighted by atomic mass is 79.9. The van der Waals surface area contributed by atoms with Crippen LogP contribution in [0.3, 0.4) is 0 Å². The van der Waals surface area contributed by atoms with Crippen LogP contribution >= 0.6 is 27.7 Å². The topological polar surface area (TPSA) is 59.9 Å². The second-order valence-electron chi connectivity index (χ2n) is 5.34. The van der Waals surface area contributed by atoms with Crippen LogP contribution in [0, 0.1) is 0 Å². The Morgan fingerprint density at radius 1 is 1.12 bits per heavy atom. The summed E-state index contributed by atoms with van der Waals surface area (Å²) in [5.41, 5.74) is 1.65. The number of carbonyl (C=O) groups is 1. The Balaban J connectivity index is 1.58. The zero-order valence-electron chi connectivity index (χ0n) is 13.0. The Hall–Kier alpha value is -2.25. The fourth-order valence-electron chi connectivity index (χ4n) is 2.43. The number of benzene rings is 2. The Morgan fingerprint density at radius 3 is 2.76 bits per heavy atom. The molecule has 126 valence electrons. The van der Waals surface area contributed by atoms with E-state index in [0.29, 0.717) is 29.0 Å². The molecule has 4 rings (SSSR count). The van der Waals surface area contributed by atoms with E-state index >= 15 is 0 Å². The summed E-state index contributed by atoms with van der Waals surface area (Å²) in [6.45, 7) is 1.09. The van der Waals surface area contributed by atoms with E-state index < -0.39 is 0 Å². The lowest BCUT2D eigenvalue weighted by Crippen LogP contribution is -2.19. The summed E-state index contributed by atoms with van der Waals surface area (Å²) in [6, 6.07) is 13.2. The number of aliphatic imine (C=N–C) groups is 1. The molecule has 1 saturated heterocycles. The maximum Gasteiger partial charge on any atom is 0.264 e. The van der Waals surface area contributed by atoms with Crippen molar-refractivity contribution in [1.82, 2.24) is 5.32 Å². The van der Waals surface area contributed by atoms with Gasteiger partial charge in [0, 0.05) is 4.47 Å². The first-order valence-corrected chi connectivity index (χ1v) is 9.24. The minimum Gasteiger partial charge on any atom is -0.486 e. The van der Waals surface area contributed by atoms with Gasteiger partial charge in [0.2, 0.25) is 0 Å². The molecule has 0 saturated carbocycles. The summed E-state index contributed by atoms with van der Waals surface area (Å²) in [7, 11) is 0. The third kappa shape index (κ3) is 3.57. The molecule has 0 spiro atoms. The number of hydrogen-bond donors (Lipinski definition) is 1. The fourth-order valence-corrected chi connectivity index (χ4v) is 3.64. The molecule has 0 aliphatic carbocycles. The molecular weight excluding hydrogens is 404 g/mol. The molecule has 2 aromatic rings. The first-order valence-electron chi connectivity index (χ1n) is 7.63. The van der Waals surface area contributed by atoms with Crippen LogP contribution in [0.15, 0.2) is 56.8 Å². The summed E-state index contributed by atoms with van der Waals surface area (Å²) in [6.07, 6.45) is 1.82. The highest BCUT2D eigenvalue weighted by Gasteiger charge is 2.24. The van der Waals surface area contributed by atoms with Crippen LogP contribution in [0.1, 0.15) is 5.56 Å². The number of carbonyl (C=O) groups excluding carboxylic acids is 1. The van der Waals surface area contributed by atoms with Crippen LogP contribution in [-0.4, -0.2) is 24.3 Å². The summed E-state index contributed by atoms with van der Waals surface area (Å²) in [5, 5.41) is 3.35. The molecule has 0 unspecified atom stereocenters. The van der Waals surface area contributed by atoms with Crippen molar-refractivity contribution in [3.05, 3.63) is 57.4 Å². The lowest BCUT2D eigenvalue weighted by molar-refractivity contribution is -0.115. The molecule has 2 aliphatic heterocycles. The molecule has 1 amide bonds. The standard InChI is InChI=1S/C18H13BrN2O3S/c19-12-3-1-2-4-13(12)20-18-21-17(22)16(25-18)10-11-5-6-14-15(9-11)24-8-7-23-14/h1-6,9-10H,7-8H2,(H,20,21,22). The minimum absolute atomic E-state index is 0.161. The number of amides is 1. The van der Waals surface area contributed by atoms with E-state index in [4.69, 9.17) is 9.47 Å². The smallest absolute Gasteiger partial charge is 0.264 e. The van der Waals surface area contributed by atoms with Crippen molar-refractivity contribution in [2.45, 2.75) is 0 Å². The van der Waals surface area contributed by atoms with E-state index in [1.807, 2.05) is 48.5 Å². The molecule has 25 heavy (non-hydrogen) atoms. The minimum atomic E-state index is -0.161. The third-order valence-electron chi connectivity index (χ3n) is 3.59. The third-order valence-corrected chi connectivity index (χ3v) is 5.17. The van der Waals surface area contributed by atoms with Crippen LogP contribution in [0.25, 0.3) is 6.08 Å². The number of halogens is 1. The van der Waals surface area contributed by atoms with Crippen LogP contribution in [0.5, 0.6) is 11.5 Å². The van der Waals surface area contributed by atoms with Crippen molar-refractivity contribution in [1.29, 1.82) is 0 Å². The van der Waals surface area contributed by atoms with Gasteiger partial charge < -0.3 is 14.8 Å². The van der Waals surface area contributed by atoms with Crippen LogP contribution in [0.2, 0.25) is 0 Å². The van der Waals surface area contributed by atoms with Crippen molar-refractivity contribution in [3.63, 3.8) is 0 Å². The van der Waals surface area contributed by atoms with Gasteiger partial charge in [0.25, 0.3) is 5.91 Å². The number of ether oxygens (including phenoxy) is 2. The number of rotatable bonds is 2. The van der Waals surface area contributed by atoms with E-state index in [1.54, 1.807) is 0 Å². The number of nitrogens with zero attached hydrogens (tertiary/aromatic N) is 1. The van der Waals surface area contributed by atoms with Crippen molar-refractivity contribution < 1.29 is 14.3 Å². The summed E-state index contributed by atoms with van der Waals surface area (Å²) >= 11 is 4.77. The van der Waals surface area contributed by atoms with Gasteiger partial charge in [0.1, 0.15) is 13.2 Å². The Bertz CT molecular complexity index is 911. The number of fused-ring (bicyclic) bond motifs is 1. The van der Waals surface area contributed by atoms with Gasteiger partial charge in [-0.1, -0.05) is 18.2 Å². The van der Waals surface area contributed by atoms with Gasteiger partial charge in [-0.3, -0.25) is 4.79 Å². The number of nitrogens with one attached hydrogen (secondary N) is 1. The fraction of sp³-hybridized carbons (Fsp3) is 0.111. The van der Waals surface area contributed by atoms with Crippen molar-refractivity contribution >= 4 is 50.5 Å².